The van der Waals surface area contributed by atoms with Gasteiger partial charge in [-0.3, -0.25) is 0 Å². The molecule has 6 aromatic carbocycles. The molecular weight excluding hydrogens is 592 g/mol. The molecule has 0 saturated heterocycles. The van der Waals surface area contributed by atoms with Crippen molar-refractivity contribution in [2.24, 2.45) is 9.98 Å². The molecule has 48 heavy (non-hydrogen) atoms. The molecule has 0 bridgehead atoms. The van der Waals surface area contributed by atoms with Gasteiger partial charge < -0.3 is 18.6 Å². The van der Waals surface area contributed by atoms with Crippen LogP contribution in [0.5, 0.6) is 0 Å². The van der Waals surface area contributed by atoms with Crippen LogP contribution in [0.2, 0.25) is 0 Å². The predicted octanol–water partition coefficient (Wildman–Crippen LogP) is 9.10. The molecule has 6 nitrogen and oxygen atoms in total. The Balaban J connectivity index is 1.09. The maximum absolute atomic E-state index is 5.69. The van der Waals surface area contributed by atoms with Gasteiger partial charge in [0.05, 0.1) is 35.2 Å². The molecule has 0 spiro atoms. The Kier molecular flexibility index (Phi) is 6.03. The van der Waals surface area contributed by atoms with E-state index in [2.05, 4.69) is 153 Å². The smallest absolute Gasteiger partial charge is 0.216 e. The van der Waals surface area contributed by atoms with E-state index in [1.807, 2.05) is 0 Å². The molecule has 0 unspecified atom stereocenters. The topological polar surface area (TPSA) is 53.0 Å². The molecular formula is C42H30N4O2. The molecule has 0 aliphatic carbocycles. The summed E-state index contributed by atoms with van der Waals surface area (Å²) in [6, 6.07) is 48.1. The van der Waals surface area contributed by atoms with Crippen molar-refractivity contribution < 1.29 is 9.47 Å². The molecule has 0 radical (unpaired) electrons. The average molecular weight is 623 g/mol. The molecule has 8 aromatic rings. The average Bonchev–Trinajstić information content (AvgIpc) is 3.97. The van der Waals surface area contributed by atoms with E-state index in [4.69, 9.17) is 9.47 Å². The van der Waals surface area contributed by atoms with Gasteiger partial charge >= 0.3 is 0 Å². The molecule has 0 fully saturated rings. The zero-order valence-corrected chi connectivity index (χ0v) is 26.1. The van der Waals surface area contributed by atoms with Crippen molar-refractivity contribution in [3.05, 3.63) is 145 Å². The fourth-order valence-corrected chi connectivity index (χ4v) is 7.39. The first-order valence-electron chi connectivity index (χ1n) is 16.4. The summed E-state index contributed by atoms with van der Waals surface area (Å²) in [5, 5.41) is 4.93. The molecule has 0 atom stereocenters. The minimum atomic E-state index is 0.655. The number of benzene rings is 6. The Morgan fingerprint density at radius 3 is 1.21 bits per heavy atom. The maximum atomic E-state index is 5.69. The summed E-state index contributed by atoms with van der Waals surface area (Å²) in [6.07, 6.45) is 0. The van der Waals surface area contributed by atoms with Gasteiger partial charge in [-0.25, -0.2) is 9.98 Å². The predicted molar refractivity (Wildman–Crippen MR) is 195 cm³/mol. The molecule has 2 aliphatic heterocycles. The van der Waals surface area contributed by atoms with Crippen molar-refractivity contribution in [2.45, 2.75) is 0 Å². The summed E-state index contributed by atoms with van der Waals surface area (Å²) in [5.41, 5.74) is 11.4. The van der Waals surface area contributed by atoms with E-state index in [0.717, 1.165) is 47.4 Å². The Morgan fingerprint density at radius 1 is 0.396 bits per heavy atom. The van der Waals surface area contributed by atoms with Crippen molar-refractivity contribution in [1.29, 1.82) is 0 Å². The third-order valence-corrected chi connectivity index (χ3v) is 9.59. The number of aromatic nitrogens is 2. The van der Waals surface area contributed by atoms with E-state index in [0.29, 0.717) is 13.2 Å². The van der Waals surface area contributed by atoms with Crippen LogP contribution >= 0.6 is 0 Å². The molecule has 0 saturated carbocycles. The second kappa shape index (κ2) is 10.7. The van der Waals surface area contributed by atoms with Crippen molar-refractivity contribution in [1.82, 2.24) is 9.13 Å². The molecule has 230 valence electrons. The van der Waals surface area contributed by atoms with Crippen LogP contribution in [-0.2, 0) is 9.47 Å². The number of fused-ring (bicyclic) bond motifs is 6. The third-order valence-electron chi connectivity index (χ3n) is 9.59. The third kappa shape index (κ3) is 4.19. The second-order valence-corrected chi connectivity index (χ2v) is 12.3. The van der Waals surface area contributed by atoms with Gasteiger partial charge in [0.15, 0.2) is 0 Å². The van der Waals surface area contributed by atoms with Gasteiger partial charge in [-0.15, -0.1) is 0 Å². The van der Waals surface area contributed by atoms with Gasteiger partial charge in [0.1, 0.15) is 13.2 Å². The van der Waals surface area contributed by atoms with Gasteiger partial charge in [-0.1, -0.05) is 48.5 Å². The molecule has 6 heteroatoms. The number of para-hydroxylation sites is 2. The number of hydrogen-bond acceptors (Lipinski definition) is 4. The maximum Gasteiger partial charge on any atom is 0.216 e. The summed E-state index contributed by atoms with van der Waals surface area (Å²) in [7, 11) is 0. The van der Waals surface area contributed by atoms with Gasteiger partial charge in [0.2, 0.25) is 11.8 Å². The summed E-state index contributed by atoms with van der Waals surface area (Å²) < 4.78 is 16.1. The minimum Gasteiger partial charge on any atom is -0.476 e. The zero-order chi connectivity index (χ0) is 31.6. The molecule has 0 amide bonds. The summed E-state index contributed by atoms with van der Waals surface area (Å²) in [5.74, 6) is 1.47. The standard InChI is InChI=1S/C42H30N4O2/c1-3-7-37-33(5-1)35-25-29(13-19-39(35)45(37)31-15-9-27(10-16-31)41-43-21-23-47-41)30-14-20-40-36(26-30)34-6-2-4-8-38(34)46(40)32-17-11-28(12-18-32)42-44-22-24-48-42/h1-20,25-26H,21-24H2. The Bertz CT molecular complexity index is 2420. The lowest BCUT2D eigenvalue weighted by atomic mass is 10.0. The van der Waals surface area contributed by atoms with Crippen molar-refractivity contribution in [3.63, 3.8) is 0 Å². The fraction of sp³-hybridized carbons (Fsp3) is 0.0952. The minimum absolute atomic E-state index is 0.655. The van der Waals surface area contributed by atoms with Crippen molar-refractivity contribution in [2.75, 3.05) is 26.3 Å². The van der Waals surface area contributed by atoms with Crippen LogP contribution in [0.15, 0.2) is 143 Å². The van der Waals surface area contributed by atoms with Crippen LogP contribution in [-0.4, -0.2) is 47.2 Å². The Labute approximate surface area is 276 Å². The first kappa shape index (κ1) is 27.0. The van der Waals surface area contributed by atoms with Crippen LogP contribution in [0.1, 0.15) is 11.1 Å². The van der Waals surface area contributed by atoms with Gasteiger partial charge in [0, 0.05) is 44.0 Å². The van der Waals surface area contributed by atoms with Crippen LogP contribution in [0.3, 0.4) is 0 Å². The highest BCUT2D eigenvalue weighted by Crippen LogP contribution is 2.38. The molecule has 0 N–H and O–H groups in total. The van der Waals surface area contributed by atoms with Crippen molar-refractivity contribution in [3.8, 4) is 22.5 Å². The Hall–Kier alpha value is -6.14. The SMILES string of the molecule is c1ccc2c(c1)c1cc(-c3ccc4c(c3)c3ccccc3n4-c3ccc(C4=NCCO4)cc3)ccc1n2-c1ccc(C2=NCCO2)cc1. The molecule has 2 aromatic heterocycles. The highest BCUT2D eigenvalue weighted by molar-refractivity contribution is 6.12. The fourth-order valence-electron chi connectivity index (χ4n) is 7.39. The molecule has 2 aliphatic rings. The lowest BCUT2D eigenvalue weighted by molar-refractivity contribution is 0.348. The van der Waals surface area contributed by atoms with Crippen LogP contribution in [0.25, 0.3) is 66.1 Å². The number of nitrogens with zero attached hydrogens (tertiary/aromatic N) is 4. The zero-order valence-electron chi connectivity index (χ0n) is 26.1. The van der Waals surface area contributed by atoms with Crippen LogP contribution in [0, 0.1) is 0 Å². The first-order chi connectivity index (χ1) is 23.8. The van der Waals surface area contributed by atoms with Gasteiger partial charge in [-0.2, -0.15) is 0 Å². The molecule has 4 heterocycles. The number of hydrogen-bond donors (Lipinski definition) is 0. The summed E-state index contributed by atoms with van der Waals surface area (Å²) in [4.78, 5) is 8.97. The van der Waals surface area contributed by atoms with E-state index in [9.17, 15) is 0 Å². The monoisotopic (exact) mass is 622 g/mol. The molecule has 10 rings (SSSR count). The normalized spacial score (nSPS) is 14.5. The highest BCUT2D eigenvalue weighted by Gasteiger charge is 2.17. The highest BCUT2D eigenvalue weighted by atomic mass is 16.5. The van der Waals surface area contributed by atoms with Gasteiger partial charge in [0.25, 0.3) is 0 Å². The first-order valence-corrected chi connectivity index (χ1v) is 16.4. The summed E-state index contributed by atoms with van der Waals surface area (Å²) in [6.45, 7) is 2.76. The summed E-state index contributed by atoms with van der Waals surface area (Å²) >= 11 is 0. The Morgan fingerprint density at radius 2 is 0.792 bits per heavy atom. The quantitative estimate of drug-likeness (QED) is 0.192. The number of rotatable bonds is 5. The van der Waals surface area contributed by atoms with Gasteiger partial charge in [-0.05, 0) is 96.1 Å². The van der Waals surface area contributed by atoms with E-state index in [1.165, 1.54) is 54.7 Å². The lowest BCUT2D eigenvalue weighted by Crippen LogP contribution is -2.01. The van der Waals surface area contributed by atoms with Crippen LogP contribution in [0.4, 0.5) is 0 Å². The van der Waals surface area contributed by atoms with E-state index in [1.54, 1.807) is 0 Å². The van der Waals surface area contributed by atoms with Crippen molar-refractivity contribution >= 4 is 55.4 Å². The number of ether oxygens (including phenoxy) is 2. The van der Waals surface area contributed by atoms with E-state index < -0.39 is 0 Å². The second-order valence-electron chi connectivity index (χ2n) is 12.3. The lowest BCUT2D eigenvalue weighted by Gasteiger charge is -2.10. The number of aliphatic imine (C=N–C) groups is 2. The van der Waals surface area contributed by atoms with E-state index in [-0.39, 0.29) is 0 Å². The van der Waals surface area contributed by atoms with E-state index >= 15 is 0 Å². The largest absolute Gasteiger partial charge is 0.476 e. The van der Waals surface area contributed by atoms with Crippen LogP contribution < -0.4 is 0 Å².